The van der Waals surface area contributed by atoms with E-state index in [2.05, 4.69) is 5.32 Å². The Kier molecular flexibility index (Phi) is 3.22. The molecule has 1 aliphatic carbocycles. The second kappa shape index (κ2) is 4.42. The molecule has 7 nitrogen and oxygen atoms in total. The summed E-state index contributed by atoms with van der Waals surface area (Å²) in [5.41, 5.74) is -1.15. The topological polar surface area (TPSA) is 104 Å². The molecule has 0 radical (unpaired) electrons. The van der Waals surface area contributed by atoms with E-state index in [0.717, 1.165) is 6.42 Å². The van der Waals surface area contributed by atoms with Crippen LogP contribution in [0.1, 0.15) is 19.3 Å². The van der Waals surface area contributed by atoms with E-state index >= 15 is 0 Å². The Morgan fingerprint density at radius 2 is 1.72 bits per heavy atom. The van der Waals surface area contributed by atoms with Gasteiger partial charge in [0.25, 0.3) is 0 Å². The summed E-state index contributed by atoms with van der Waals surface area (Å²) in [6, 6.07) is -0.480. The predicted molar refractivity (Wildman–Crippen MR) is 63.0 cm³/mol. The van der Waals surface area contributed by atoms with Crippen molar-refractivity contribution in [3.05, 3.63) is 0 Å². The first-order chi connectivity index (χ1) is 8.35. The van der Waals surface area contributed by atoms with Gasteiger partial charge in [-0.1, -0.05) is 0 Å². The summed E-state index contributed by atoms with van der Waals surface area (Å²) in [6.07, 6.45) is 1.64. The van der Waals surface area contributed by atoms with E-state index in [-0.39, 0.29) is 24.6 Å². The van der Waals surface area contributed by atoms with Gasteiger partial charge in [0.15, 0.2) is 9.84 Å². The van der Waals surface area contributed by atoms with E-state index in [1.807, 2.05) is 0 Å². The molecule has 1 saturated heterocycles. The number of amides is 2. The second-order valence-electron chi connectivity index (χ2n) is 4.81. The molecule has 102 valence electrons. The van der Waals surface area contributed by atoms with Crippen LogP contribution in [0.15, 0.2) is 0 Å². The van der Waals surface area contributed by atoms with Crippen molar-refractivity contribution in [2.45, 2.75) is 24.8 Å². The van der Waals surface area contributed by atoms with E-state index < -0.39 is 27.4 Å². The number of hydrogen-bond donors (Lipinski definition) is 2. The van der Waals surface area contributed by atoms with Crippen molar-refractivity contribution >= 4 is 21.8 Å². The molecule has 18 heavy (non-hydrogen) atoms. The van der Waals surface area contributed by atoms with Gasteiger partial charge < -0.3 is 15.3 Å². The van der Waals surface area contributed by atoms with Gasteiger partial charge in [0.1, 0.15) is 5.54 Å². The number of urea groups is 1. The standard InChI is InChI=1S/C10H16N2O5S/c13-8(14)10(2-1-3-10)11-9(15)12-4-6-18(16,17)7-5-12/h1-7H2,(H,11,15)(H,13,14). The fraction of sp³-hybridized carbons (Fsp3) is 0.800. The van der Waals surface area contributed by atoms with Crippen LogP contribution in [0.2, 0.25) is 0 Å². The maximum Gasteiger partial charge on any atom is 0.329 e. The molecule has 0 unspecified atom stereocenters. The lowest BCUT2D eigenvalue weighted by Gasteiger charge is -2.40. The molecule has 0 aromatic heterocycles. The van der Waals surface area contributed by atoms with E-state index in [4.69, 9.17) is 5.11 Å². The van der Waals surface area contributed by atoms with Gasteiger partial charge in [-0.3, -0.25) is 0 Å². The molecule has 2 amide bonds. The van der Waals surface area contributed by atoms with Crippen LogP contribution < -0.4 is 5.32 Å². The lowest BCUT2D eigenvalue weighted by atomic mass is 9.77. The van der Waals surface area contributed by atoms with Gasteiger partial charge in [0.05, 0.1) is 11.5 Å². The zero-order valence-corrected chi connectivity index (χ0v) is 10.7. The lowest BCUT2D eigenvalue weighted by Crippen LogP contribution is -2.62. The van der Waals surface area contributed by atoms with Crippen LogP contribution in [0.4, 0.5) is 4.79 Å². The number of sulfone groups is 1. The number of hydrogen-bond acceptors (Lipinski definition) is 4. The Hall–Kier alpha value is -1.31. The Bertz CT molecular complexity index is 455. The zero-order valence-electron chi connectivity index (χ0n) is 9.89. The van der Waals surface area contributed by atoms with Crippen molar-refractivity contribution in [3.8, 4) is 0 Å². The molecule has 1 aliphatic heterocycles. The molecule has 0 bridgehead atoms. The highest BCUT2D eigenvalue weighted by molar-refractivity contribution is 7.91. The molecule has 1 saturated carbocycles. The summed E-state index contributed by atoms with van der Waals surface area (Å²) >= 11 is 0. The largest absolute Gasteiger partial charge is 0.480 e. The minimum Gasteiger partial charge on any atom is -0.480 e. The normalized spacial score (nSPS) is 25.0. The van der Waals surface area contributed by atoms with Gasteiger partial charge in [0.2, 0.25) is 0 Å². The number of rotatable bonds is 2. The molecular weight excluding hydrogens is 260 g/mol. The number of carbonyl (C=O) groups is 2. The van der Waals surface area contributed by atoms with Crippen LogP contribution in [-0.2, 0) is 14.6 Å². The highest BCUT2D eigenvalue weighted by Gasteiger charge is 2.46. The smallest absolute Gasteiger partial charge is 0.329 e. The second-order valence-corrected chi connectivity index (χ2v) is 7.11. The number of carboxylic acids is 1. The first kappa shape index (κ1) is 13.1. The average molecular weight is 276 g/mol. The van der Waals surface area contributed by atoms with Gasteiger partial charge >= 0.3 is 12.0 Å². The number of aliphatic carboxylic acids is 1. The minimum absolute atomic E-state index is 0.0551. The summed E-state index contributed by atoms with van der Waals surface area (Å²) < 4.78 is 22.5. The maximum absolute atomic E-state index is 11.9. The van der Waals surface area contributed by atoms with E-state index in [1.165, 1.54) is 4.90 Å². The summed E-state index contributed by atoms with van der Waals surface area (Å²) in [4.78, 5) is 24.3. The van der Waals surface area contributed by atoms with Crippen LogP contribution in [0.25, 0.3) is 0 Å². The SMILES string of the molecule is O=C(NC1(C(=O)O)CCC1)N1CCS(=O)(=O)CC1. The van der Waals surface area contributed by atoms with Crippen molar-refractivity contribution in [3.63, 3.8) is 0 Å². The van der Waals surface area contributed by atoms with E-state index in [0.29, 0.717) is 12.8 Å². The fourth-order valence-electron chi connectivity index (χ4n) is 2.12. The van der Waals surface area contributed by atoms with Crippen molar-refractivity contribution < 1.29 is 23.1 Å². The number of nitrogens with one attached hydrogen (secondary N) is 1. The van der Waals surface area contributed by atoms with Gasteiger partial charge in [-0.05, 0) is 19.3 Å². The minimum atomic E-state index is -3.04. The molecule has 0 aromatic rings. The first-order valence-corrected chi connectivity index (χ1v) is 7.68. The van der Waals surface area contributed by atoms with Gasteiger partial charge in [-0.25, -0.2) is 18.0 Å². The van der Waals surface area contributed by atoms with E-state index in [1.54, 1.807) is 0 Å². The molecule has 2 rings (SSSR count). The van der Waals surface area contributed by atoms with Gasteiger partial charge in [-0.15, -0.1) is 0 Å². The summed E-state index contributed by atoms with van der Waals surface area (Å²) in [6.45, 7) is 0.258. The molecule has 2 fully saturated rings. The quantitative estimate of drug-likeness (QED) is 0.703. The zero-order chi connectivity index (χ0) is 13.4. The van der Waals surface area contributed by atoms with E-state index in [9.17, 15) is 18.0 Å². The monoisotopic (exact) mass is 276 g/mol. The number of nitrogens with zero attached hydrogens (tertiary/aromatic N) is 1. The Morgan fingerprint density at radius 3 is 2.11 bits per heavy atom. The van der Waals surface area contributed by atoms with Crippen molar-refractivity contribution in [1.29, 1.82) is 0 Å². The Morgan fingerprint density at radius 1 is 1.17 bits per heavy atom. The highest BCUT2D eigenvalue weighted by atomic mass is 32.2. The molecule has 8 heteroatoms. The molecule has 1 heterocycles. The van der Waals surface area contributed by atoms with Crippen molar-refractivity contribution in [2.24, 2.45) is 0 Å². The van der Waals surface area contributed by atoms with Crippen LogP contribution in [0, 0.1) is 0 Å². The van der Waals surface area contributed by atoms with Gasteiger partial charge in [0, 0.05) is 13.1 Å². The maximum atomic E-state index is 11.9. The average Bonchev–Trinajstić information content (AvgIpc) is 2.22. The molecule has 0 atom stereocenters. The third-order valence-electron chi connectivity index (χ3n) is 3.59. The molecule has 0 aromatic carbocycles. The molecule has 2 N–H and O–H groups in total. The Balaban J connectivity index is 1.95. The van der Waals surface area contributed by atoms with Crippen molar-refractivity contribution in [1.82, 2.24) is 10.2 Å². The predicted octanol–water partition coefficient (Wildman–Crippen LogP) is -0.566. The first-order valence-electron chi connectivity index (χ1n) is 5.86. The number of carbonyl (C=O) groups excluding carboxylic acids is 1. The van der Waals surface area contributed by atoms with Crippen LogP contribution in [0.5, 0.6) is 0 Å². The summed E-state index contributed by atoms with van der Waals surface area (Å²) in [5.74, 6) is -1.13. The third kappa shape index (κ3) is 2.43. The molecule has 0 spiro atoms. The van der Waals surface area contributed by atoms with Crippen LogP contribution in [0.3, 0.4) is 0 Å². The molecule has 2 aliphatic rings. The van der Waals surface area contributed by atoms with Crippen LogP contribution in [-0.4, -0.2) is 60.6 Å². The third-order valence-corrected chi connectivity index (χ3v) is 5.20. The fourth-order valence-corrected chi connectivity index (χ4v) is 3.32. The number of carboxylic acid groups (broad SMARTS) is 1. The highest BCUT2D eigenvalue weighted by Crippen LogP contribution is 2.32. The van der Waals surface area contributed by atoms with Crippen LogP contribution >= 0.6 is 0 Å². The summed E-state index contributed by atoms with van der Waals surface area (Å²) in [5, 5.41) is 11.6. The molecular formula is C10H16N2O5S. The summed E-state index contributed by atoms with van der Waals surface area (Å²) in [7, 11) is -3.04. The van der Waals surface area contributed by atoms with Gasteiger partial charge in [-0.2, -0.15) is 0 Å². The van der Waals surface area contributed by atoms with Crippen molar-refractivity contribution in [2.75, 3.05) is 24.6 Å². The Labute approximate surface area is 105 Å². The lowest BCUT2D eigenvalue weighted by molar-refractivity contribution is -0.148.